The Bertz CT molecular complexity index is 883. The molecule has 0 radical (unpaired) electrons. The summed E-state index contributed by atoms with van der Waals surface area (Å²) >= 11 is 6.07. The summed E-state index contributed by atoms with van der Waals surface area (Å²) in [7, 11) is 0. The third-order valence-electron chi connectivity index (χ3n) is 3.71. The van der Waals surface area contributed by atoms with E-state index in [9.17, 15) is 0 Å². The molecule has 0 amide bonds. The van der Waals surface area contributed by atoms with Gasteiger partial charge in [-0.3, -0.25) is 0 Å². The van der Waals surface area contributed by atoms with E-state index < -0.39 is 0 Å². The Morgan fingerprint density at radius 2 is 1.68 bits per heavy atom. The van der Waals surface area contributed by atoms with Gasteiger partial charge < -0.3 is 14.2 Å². The van der Waals surface area contributed by atoms with E-state index in [2.05, 4.69) is 15.3 Å². The lowest BCUT2D eigenvalue weighted by molar-refractivity contribution is 0.0764. The van der Waals surface area contributed by atoms with Crippen LogP contribution in [-0.2, 0) is 4.74 Å². The number of halogens is 1. The molecule has 0 saturated carbocycles. The van der Waals surface area contributed by atoms with Gasteiger partial charge in [0.25, 0.3) is 0 Å². The van der Waals surface area contributed by atoms with Crippen LogP contribution in [0.2, 0.25) is 5.02 Å². The lowest BCUT2D eigenvalue weighted by Crippen LogP contribution is -2.12. The minimum atomic E-state index is 0.402. The van der Waals surface area contributed by atoms with Gasteiger partial charge in [0.15, 0.2) is 0 Å². The molecule has 0 aliphatic carbocycles. The predicted octanol–water partition coefficient (Wildman–Crippen LogP) is 3.60. The van der Waals surface area contributed by atoms with Gasteiger partial charge in [0.05, 0.1) is 19.4 Å². The second kappa shape index (κ2) is 10.4. The third-order valence-corrected chi connectivity index (χ3v) is 3.95. The first-order valence-electron chi connectivity index (χ1n) is 8.79. The maximum atomic E-state index is 6.07. The smallest absolute Gasteiger partial charge is 0.141 e. The highest BCUT2D eigenvalue weighted by molar-refractivity contribution is 6.30. The van der Waals surface area contributed by atoms with Crippen molar-refractivity contribution in [2.75, 3.05) is 26.4 Å². The third kappa shape index (κ3) is 6.37. The van der Waals surface area contributed by atoms with Crippen molar-refractivity contribution in [1.82, 2.24) is 14.9 Å². The van der Waals surface area contributed by atoms with E-state index in [4.69, 9.17) is 25.8 Å². The number of hydrogen-bond donors (Lipinski definition) is 0. The fourth-order valence-electron chi connectivity index (χ4n) is 2.30. The van der Waals surface area contributed by atoms with Crippen LogP contribution in [-0.4, -0.2) is 47.5 Å². The highest BCUT2D eigenvalue weighted by Crippen LogP contribution is 2.21. The molecule has 1 aromatic heterocycles. The van der Waals surface area contributed by atoms with Gasteiger partial charge in [-0.1, -0.05) is 29.3 Å². The molecule has 2 aromatic carbocycles. The van der Waals surface area contributed by atoms with E-state index in [1.54, 1.807) is 24.4 Å². The van der Waals surface area contributed by atoms with E-state index in [1.165, 1.54) is 22.9 Å². The monoisotopic (exact) mass is 400 g/mol. The SMILES string of the molecule is Cc1ccc(OCCOCCOc2ccc(Cl)cc2/C=N\n2cnnc2)cc1. The van der Waals surface area contributed by atoms with E-state index in [0.717, 1.165) is 11.3 Å². The molecule has 0 atom stereocenters. The van der Waals surface area contributed by atoms with Crippen molar-refractivity contribution in [2.24, 2.45) is 5.10 Å². The zero-order chi connectivity index (χ0) is 19.6. The molecule has 7 nitrogen and oxygen atoms in total. The average Bonchev–Trinajstić information content (AvgIpc) is 3.22. The summed E-state index contributed by atoms with van der Waals surface area (Å²) in [6, 6.07) is 13.3. The van der Waals surface area contributed by atoms with Gasteiger partial charge in [0.2, 0.25) is 0 Å². The van der Waals surface area contributed by atoms with Crippen LogP contribution >= 0.6 is 11.6 Å². The molecule has 0 unspecified atom stereocenters. The van der Waals surface area contributed by atoms with Gasteiger partial charge in [-0.25, -0.2) is 4.68 Å². The summed E-state index contributed by atoms with van der Waals surface area (Å²) < 4.78 is 18.4. The maximum absolute atomic E-state index is 6.07. The van der Waals surface area contributed by atoms with Crippen molar-refractivity contribution in [3.8, 4) is 11.5 Å². The fraction of sp³-hybridized carbons (Fsp3) is 0.250. The number of ether oxygens (including phenoxy) is 3. The highest BCUT2D eigenvalue weighted by atomic mass is 35.5. The minimum Gasteiger partial charge on any atom is -0.491 e. The van der Waals surface area contributed by atoms with Crippen LogP contribution in [0.3, 0.4) is 0 Å². The van der Waals surface area contributed by atoms with Crippen molar-refractivity contribution in [1.29, 1.82) is 0 Å². The Hall–Kier alpha value is -2.90. The number of hydrogen-bond acceptors (Lipinski definition) is 6. The molecule has 3 aromatic rings. The number of rotatable bonds is 10. The van der Waals surface area contributed by atoms with Crippen molar-refractivity contribution < 1.29 is 14.2 Å². The lowest BCUT2D eigenvalue weighted by atomic mass is 10.2. The molecule has 1 heterocycles. The molecule has 0 bridgehead atoms. The first kappa shape index (κ1) is 19.9. The Kier molecular flexibility index (Phi) is 7.40. The second-order valence-corrected chi connectivity index (χ2v) is 6.33. The van der Waals surface area contributed by atoms with Crippen molar-refractivity contribution in [3.63, 3.8) is 0 Å². The topological polar surface area (TPSA) is 70.8 Å². The van der Waals surface area contributed by atoms with Crippen LogP contribution in [0.1, 0.15) is 11.1 Å². The van der Waals surface area contributed by atoms with Crippen LogP contribution in [0.5, 0.6) is 11.5 Å². The molecule has 146 valence electrons. The van der Waals surface area contributed by atoms with Gasteiger partial charge in [0.1, 0.15) is 37.4 Å². The number of benzene rings is 2. The molecule has 0 aliphatic rings. The summed E-state index contributed by atoms with van der Waals surface area (Å²) in [5.41, 5.74) is 1.96. The van der Waals surface area contributed by atoms with E-state index in [1.807, 2.05) is 31.2 Å². The van der Waals surface area contributed by atoms with Crippen LogP contribution in [0.25, 0.3) is 0 Å². The minimum absolute atomic E-state index is 0.402. The Balaban J connectivity index is 1.40. The zero-order valence-electron chi connectivity index (χ0n) is 15.5. The number of nitrogens with zero attached hydrogens (tertiary/aromatic N) is 4. The molecular weight excluding hydrogens is 380 g/mol. The maximum Gasteiger partial charge on any atom is 0.141 e. The van der Waals surface area contributed by atoms with E-state index in [0.29, 0.717) is 37.2 Å². The predicted molar refractivity (Wildman–Crippen MR) is 107 cm³/mol. The molecule has 8 heteroatoms. The van der Waals surface area contributed by atoms with E-state index >= 15 is 0 Å². The van der Waals surface area contributed by atoms with Crippen molar-refractivity contribution in [2.45, 2.75) is 6.92 Å². The molecule has 0 fully saturated rings. The summed E-state index contributed by atoms with van der Waals surface area (Å²) in [5, 5.41) is 12.2. The molecule has 0 N–H and O–H groups in total. The van der Waals surface area contributed by atoms with Gasteiger partial charge >= 0.3 is 0 Å². The van der Waals surface area contributed by atoms with Crippen LogP contribution in [0.4, 0.5) is 0 Å². The largest absolute Gasteiger partial charge is 0.491 e. The van der Waals surface area contributed by atoms with Crippen LogP contribution in [0, 0.1) is 6.92 Å². The molecular formula is C20H21ClN4O3. The van der Waals surface area contributed by atoms with Crippen molar-refractivity contribution >= 4 is 17.8 Å². The Labute approximate surface area is 168 Å². The summed E-state index contributed by atoms with van der Waals surface area (Å²) in [6.45, 7) is 3.86. The first-order chi connectivity index (χ1) is 13.7. The average molecular weight is 401 g/mol. The molecule has 0 aliphatic heterocycles. The second-order valence-electron chi connectivity index (χ2n) is 5.89. The van der Waals surface area contributed by atoms with Gasteiger partial charge in [-0.05, 0) is 37.3 Å². The molecule has 0 spiro atoms. The summed E-state index contributed by atoms with van der Waals surface area (Å²) in [5.74, 6) is 1.50. The van der Waals surface area contributed by atoms with Crippen molar-refractivity contribution in [3.05, 3.63) is 71.3 Å². The van der Waals surface area contributed by atoms with Crippen LogP contribution in [0.15, 0.2) is 60.2 Å². The highest BCUT2D eigenvalue weighted by Gasteiger charge is 2.03. The quantitative estimate of drug-likeness (QED) is 0.384. The number of aryl methyl sites for hydroxylation is 1. The standard InChI is InChI=1S/C20H21ClN4O3/c1-16-2-5-19(6-3-16)27-10-8-26-9-11-28-20-7-4-18(21)12-17(20)13-24-25-14-22-23-15-25/h2-7,12-15H,8-11H2,1H3/b24-13-. The van der Waals surface area contributed by atoms with Gasteiger partial charge in [-0.15, -0.1) is 10.2 Å². The van der Waals surface area contributed by atoms with Gasteiger partial charge in [-0.2, -0.15) is 5.10 Å². The van der Waals surface area contributed by atoms with Gasteiger partial charge in [0, 0.05) is 10.6 Å². The molecule has 3 rings (SSSR count). The van der Waals surface area contributed by atoms with Crippen LogP contribution < -0.4 is 9.47 Å². The summed E-state index contributed by atoms with van der Waals surface area (Å²) in [4.78, 5) is 0. The zero-order valence-corrected chi connectivity index (χ0v) is 16.2. The first-order valence-corrected chi connectivity index (χ1v) is 9.17. The fourth-order valence-corrected chi connectivity index (χ4v) is 2.48. The molecule has 28 heavy (non-hydrogen) atoms. The normalized spacial score (nSPS) is 11.1. The Morgan fingerprint density at radius 1 is 0.964 bits per heavy atom. The summed E-state index contributed by atoms with van der Waals surface area (Å²) in [6.07, 6.45) is 4.63. The van der Waals surface area contributed by atoms with E-state index in [-0.39, 0.29) is 0 Å². The Morgan fingerprint density at radius 3 is 2.43 bits per heavy atom. The number of aromatic nitrogens is 3. The lowest BCUT2D eigenvalue weighted by Gasteiger charge is -2.10. The molecule has 0 saturated heterocycles.